The summed E-state index contributed by atoms with van der Waals surface area (Å²) >= 11 is 3.41. The maximum Gasteiger partial charge on any atom is 0.126 e. The minimum atomic E-state index is 0.130. The molecule has 0 saturated heterocycles. The molecule has 0 fully saturated rings. The van der Waals surface area contributed by atoms with E-state index >= 15 is 0 Å². The number of nitrogens with two attached hydrogens (primary N) is 1. The lowest BCUT2D eigenvalue weighted by Crippen LogP contribution is -2.32. The summed E-state index contributed by atoms with van der Waals surface area (Å²) in [6, 6.07) is 10.7. The van der Waals surface area contributed by atoms with E-state index in [9.17, 15) is 0 Å². The van der Waals surface area contributed by atoms with E-state index in [-0.39, 0.29) is 5.84 Å². The van der Waals surface area contributed by atoms with Crippen molar-refractivity contribution in [3.05, 3.63) is 46.2 Å². The molecule has 0 radical (unpaired) electrons. The first-order valence-corrected chi connectivity index (χ1v) is 8.91. The van der Waals surface area contributed by atoms with Crippen molar-refractivity contribution in [2.45, 2.75) is 24.3 Å². The molecule has 3 N–H and O–H groups in total. The summed E-state index contributed by atoms with van der Waals surface area (Å²) in [5.41, 5.74) is 7.68. The molecular formula is C16H21N3S2. The monoisotopic (exact) mass is 319 g/mol. The summed E-state index contributed by atoms with van der Waals surface area (Å²) in [6.45, 7) is 2.20. The lowest BCUT2D eigenvalue weighted by Gasteiger charge is -2.29. The van der Waals surface area contributed by atoms with Crippen molar-refractivity contribution >= 4 is 34.6 Å². The minimum absolute atomic E-state index is 0.130. The molecule has 112 valence electrons. The fourth-order valence-electron chi connectivity index (χ4n) is 2.35. The van der Waals surface area contributed by atoms with Crippen LogP contribution < -0.4 is 10.6 Å². The van der Waals surface area contributed by atoms with E-state index in [4.69, 9.17) is 11.1 Å². The quantitative estimate of drug-likeness (QED) is 0.483. The van der Waals surface area contributed by atoms with Gasteiger partial charge < -0.3 is 10.6 Å². The molecule has 0 aliphatic heterocycles. The summed E-state index contributed by atoms with van der Waals surface area (Å²) in [6.07, 6.45) is 3.01. The average molecular weight is 319 g/mol. The second-order valence-corrected chi connectivity index (χ2v) is 6.89. The molecule has 2 aromatic rings. The van der Waals surface area contributed by atoms with Crippen molar-refractivity contribution < 1.29 is 0 Å². The van der Waals surface area contributed by atoms with Gasteiger partial charge in [-0.05, 0) is 36.8 Å². The molecule has 3 nitrogen and oxygen atoms in total. The Morgan fingerprint density at radius 2 is 2.14 bits per heavy atom. The van der Waals surface area contributed by atoms with Gasteiger partial charge >= 0.3 is 0 Å². The van der Waals surface area contributed by atoms with Crippen LogP contribution in [0.1, 0.15) is 17.4 Å². The predicted octanol–water partition coefficient (Wildman–Crippen LogP) is 3.82. The molecule has 1 heterocycles. The van der Waals surface area contributed by atoms with Crippen molar-refractivity contribution in [1.29, 1.82) is 5.41 Å². The van der Waals surface area contributed by atoms with Crippen LogP contribution in [-0.4, -0.2) is 25.2 Å². The van der Waals surface area contributed by atoms with Gasteiger partial charge in [0.25, 0.3) is 0 Å². The molecule has 0 saturated carbocycles. The number of benzene rings is 1. The fourth-order valence-corrected chi connectivity index (χ4v) is 3.81. The highest BCUT2D eigenvalue weighted by Crippen LogP contribution is 2.30. The zero-order chi connectivity index (χ0) is 15.4. The maximum atomic E-state index is 7.89. The van der Waals surface area contributed by atoms with Crippen molar-refractivity contribution in [3.8, 4) is 0 Å². The Morgan fingerprint density at radius 3 is 2.71 bits per heavy atom. The summed E-state index contributed by atoms with van der Waals surface area (Å²) in [4.78, 5) is 4.64. The van der Waals surface area contributed by atoms with Crippen LogP contribution in [0.15, 0.2) is 40.6 Å². The van der Waals surface area contributed by atoms with Crippen LogP contribution in [0.4, 0.5) is 5.69 Å². The zero-order valence-electron chi connectivity index (χ0n) is 12.6. The second-order valence-electron chi connectivity index (χ2n) is 5.01. The Morgan fingerprint density at radius 1 is 1.38 bits per heavy atom. The molecule has 0 aliphatic carbocycles. The first kappa shape index (κ1) is 15.9. The molecule has 0 spiro atoms. The summed E-state index contributed by atoms with van der Waals surface area (Å²) in [5, 5.41) is 10.00. The van der Waals surface area contributed by atoms with Gasteiger partial charge in [-0.3, -0.25) is 5.41 Å². The van der Waals surface area contributed by atoms with E-state index in [0.29, 0.717) is 6.04 Å². The van der Waals surface area contributed by atoms with Crippen LogP contribution in [-0.2, 0) is 6.42 Å². The molecule has 1 atom stereocenters. The zero-order valence-corrected chi connectivity index (χ0v) is 14.2. The summed E-state index contributed by atoms with van der Waals surface area (Å²) in [7, 11) is 2.07. The number of nitrogens with one attached hydrogen (secondary N) is 1. The smallest absolute Gasteiger partial charge is 0.126 e. The maximum absolute atomic E-state index is 7.89. The number of hydrogen-bond acceptors (Lipinski definition) is 4. The first-order chi connectivity index (χ1) is 10.0. The van der Waals surface area contributed by atoms with E-state index < -0.39 is 0 Å². The fraction of sp³-hybridized carbons (Fsp3) is 0.312. The number of nitrogens with zero attached hydrogens (tertiary/aromatic N) is 1. The molecule has 1 aromatic heterocycles. The van der Waals surface area contributed by atoms with Gasteiger partial charge in [0.05, 0.1) is 5.56 Å². The third kappa shape index (κ3) is 3.60. The van der Waals surface area contributed by atoms with Crippen LogP contribution in [0.3, 0.4) is 0 Å². The van der Waals surface area contributed by atoms with Crippen LogP contribution in [0, 0.1) is 5.41 Å². The van der Waals surface area contributed by atoms with Gasteiger partial charge in [0.2, 0.25) is 0 Å². The van der Waals surface area contributed by atoms with Crippen LogP contribution in [0.25, 0.3) is 0 Å². The molecule has 1 aromatic carbocycles. The third-order valence-electron chi connectivity index (χ3n) is 3.61. The number of rotatable bonds is 6. The number of hydrogen-bond donors (Lipinski definition) is 2. The Bertz CT molecular complexity index is 608. The molecule has 2 rings (SSSR count). The van der Waals surface area contributed by atoms with Gasteiger partial charge in [0.1, 0.15) is 5.84 Å². The van der Waals surface area contributed by atoms with Gasteiger partial charge in [-0.2, -0.15) is 0 Å². The first-order valence-electron chi connectivity index (χ1n) is 6.81. The van der Waals surface area contributed by atoms with Crippen LogP contribution >= 0.6 is 23.1 Å². The molecular weight excluding hydrogens is 298 g/mol. The topological polar surface area (TPSA) is 53.1 Å². The van der Waals surface area contributed by atoms with Crippen molar-refractivity contribution in [2.75, 3.05) is 18.2 Å². The van der Waals surface area contributed by atoms with Crippen molar-refractivity contribution in [3.63, 3.8) is 0 Å². The summed E-state index contributed by atoms with van der Waals surface area (Å²) in [5.74, 6) is 0.130. The van der Waals surface area contributed by atoms with Gasteiger partial charge in [-0.15, -0.1) is 23.1 Å². The van der Waals surface area contributed by atoms with Crippen LogP contribution in [0.5, 0.6) is 0 Å². The summed E-state index contributed by atoms with van der Waals surface area (Å²) < 4.78 is 0. The number of thioether (sulfide) groups is 1. The molecule has 0 amide bonds. The lowest BCUT2D eigenvalue weighted by atomic mass is 10.1. The Labute approximate surface area is 134 Å². The van der Waals surface area contributed by atoms with Gasteiger partial charge in [-0.25, -0.2) is 0 Å². The number of likely N-dealkylation sites (N-methyl/N-ethyl adjacent to an activating group) is 1. The predicted molar refractivity (Wildman–Crippen MR) is 95.1 cm³/mol. The van der Waals surface area contributed by atoms with Gasteiger partial charge in [-0.1, -0.05) is 12.1 Å². The molecule has 0 aliphatic rings. The van der Waals surface area contributed by atoms with Crippen LogP contribution in [0.2, 0.25) is 0 Å². The van der Waals surface area contributed by atoms with Gasteiger partial charge in [0.15, 0.2) is 0 Å². The number of thiophene rings is 1. The van der Waals surface area contributed by atoms with E-state index in [1.807, 2.05) is 24.5 Å². The highest BCUT2D eigenvalue weighted by molar-refractivity contribution is 7.98. The van der Waals surface area contributed by atoms with E-state index in [1.165, 1.54) is 4.88 Å². The Hall–Kier alpha value is -1.46. The minimum Gasteiger partial charge on any atom is -0.384 e. The molecule has 0 bridgehead atoms. The molecule has 1 unspecified atom stereocenters. The number of amidine groups is 1. The Kier molecular flexibility index (Phi) is 5.31. The van der Waals surface area contributed by atoms with Crippen molar-refractivity contribution in [1.82, 2.24) is 0 Å². The largest absolute Gasteiger partial charge is 0.384 e. The highest BCUT2D eigenvalue weighted by Gasteiger charge is 2.18. The number of anilines is 1. The number of nitrogen functional groups attached to an aromatic ring is 1. The van der Waals surface area contributed by atoms with E-state index in [2.05, 4.69) is 36.4 Å². The third-order valence-corrected chi connectivity index (χ3v) is 5.29. The lowest BCUT2D eigenvalue weighted by molar-refractivity contribution is 0.687. The van der Waals surface area contributed by atoms with E-state index in [0.717, 1.165) is 22.6 Å². The second kappa shape index (κ2) is 7.00. The average Bonchev–Trinajstić information content (AvgIpc) is 2.98. The molecule has 5 heteroatoms. The molecule has 21 heavy (non-hydrogen) atoms. The normalized spacial score (nSPS) is 12.1. The highest BCUT2D eigenvalue weighted by atomic mass is 32.2. The standard InChI is InChI=1S/C16H21N3S2/c1-11(10-12-6-5-9-21-12)19(2)13-7-4-8-14(20-3)15(13)16(17)18/h4-9,11H,10H2,1-3H3,(H3,17,18). The SMILES string of the molecule is CSc1cccc(N(C)C(C)Cc2cccs2)c1C(=N)N. The van der Waals surface area contributed by atoms with Gasteiger partial charge in [0, 0.05) is 35.0 Å². The van der Waals surface area contributed by atoms with Crippen molar-refractivity contribution in [2.24, 2.45) is 5.73 Å². The van der Waals surface area contributed by atoms with E-state index in [1.54, 1.807) is 23.1 Å². The Balaban J connectivity index is 2.29.